The summed E-state index contributed by atoms with van der Waals surface area (Å²) in [6.45, 7) is 5.32. The highest BCUT2D eigenvalue weighted by molar-refractivity contribution is 5.83. The molecule has 1 atom stereocenters. The second-order valence-electron chi connectivity index (χ2n) is 8.67. The zero-order chi connectivity index (χ0) is 23.3. The van der Waals surface area contributed by atoms with E-state index >= 15 is 0 Å². The maximum absolute atomic E-state index is 12.6. The quantitative estimate of drug-likeness (QED) is 0.514. The summed E-state index contributed by atoms with van der Waals surface area (Å²) in [7, 11) is 1.27. The Labute approximate surface area is 188 Å². The number of nitrogens with one attached hydrogen (secondary N) is 1. The van der Waals surface area contributed by atoms with Crippen molar-refractivity contribution in [3.63, 3.8) is 0 Å². The van der Waals surface area contributed by atoms with Gasteiger partial charge in [0, 0.05) is 12.3 Å². The van der Waals surface area contributed by atoms with Crippen LogP contribution in [0.3, 0.4) is 0 Å². The van der Waals surface area contributed by atoms with Crippen LogP contribution in [0.4, 0.5) is 4.79 Å². The molecule has 2 aromatic rings. The Kier molecular flexibility index (Phi) is 7.18. The fraction of sp³-hybridized carbons (Fsp3) is 0.400. The van der Waals surface area contributed by atoms with Gasteiger partial charge in [-0.15, -0.1) is 0 Å². The van der Waals surface area contributed by atoms with Crippen molar-refractivity contribution in [2.24, 2.45) is 0 Å². The van der Waals surface area contributed by atoms with Crippen molar-refractivity contribution in [2.45, 2.75) is 51.2 Å². The number of methoxy groups -OCH3 is 1. The second kappa shape index (κ2) is 9.85. The van der Waals surface area contributed by atoms with Crippen LogP contribution in [0.15, 0.2) is 48.5 Å². The van der Waals surface area contributed by atoms with E-state index < -0.39 is 29.7 Å². The molecule has 2 aromatic carbocycles. The molecule has 1 aliphatic rings. The Hall–Kier alpha value is -3.35. The summed E-state index contributed by atoms with van der Waals surface area (Å²) >= 11 is 0. The number of alkyl carbamates (subject to hydrolysis) is 1. The average molecular weight is 440 g/mol. The molecule has 0 radical (unpaired) electrons. The summed E-state index contributed by atoms with van der Waals surface area (Å²) in [6.07, 6.45) is -0.733. The van der Waals surface area contributed by atoms with Crippen molar-refractivity contribution in [1.82, 2.24) is 5.32 Å². The fourth-order valence-electron chi connectivity index (χ4n) is 3.77. The predicted octanol–water partition coefficient (Wildman–Crippen LogP) is 4.19. The molecule has 0 unspecified atom stereocenters. The Morgan fingerprint density at radius 3 is 2.06 bits per heavy atom. The fourth-order valence-corrected chi connectivity index (χ4v) is 3.77. The molecule has 0 bridgehead atoms. The predicted molar refractivity (Wildman–Crippen MR) is 119 cm³/mol. The zero-order valence-electron chi connectivity index (χ0n) is 18.8. The highest BCUT2D eigenvalue weighted by Crippen LogP contribution is 2.44. The number of esters is 2. The molecule has 1 N–H and O–H groups in total. The molecule has 1 aliphatic carbocycles. The molecule has 0 aliphatic heterocycles. The van der Waals surface area contributed by atoms with Crippen molar-refractivity contribution in [3.8, 4) is 11.1 Å². The van der Waals surface area contributed by atoms with Crippen molar-refractivity contribution < 1.29 is 28.6 Å². The first-order valence-corrected chi connectivity index (χ1v) is 10.6. The molecule has 0 saturated heterocycles. The van der Waals surface area contributed by atoms with Gasteiger partial charge in [-0.05, 0) is 49.4 Å². The lowest BCUT2D eigenvalue weighted by Gasteiger charge is -2.24. The van der Waals surface area contributed by atoms with E-state index in [0.29, 0.717) is 0 Å². The first-order chi connectivity index (χ1) is 15.2. The lowest BCUT2D eigenvalue weighted by molar-refractivity contribution is -0.157. The van der Waals surface area contributed by atoms with Gasteiger partial charge in [0.15, 0.2) is 0 Å². The van der Waals surface area contributed by atoms with E-state index in [9.17, 15) is 14.4 Å². The Balaban J connectivity index is 1.67. The monoisotopic (exact) mass is 439 g/mol. The number of hydrogen-bond donors (Lipinski definition) is 1. The van der Waals surface area contributed by atoms with Gasteiger partial charge >= 0.3 is 18.0 Å². The van der Waals surface area contributed by atoms with Crippen LogP contribution in [-0.2, 0) is 23.8 Å². The van der Waals surface area contributed by atoms with Crippen LogP contribution in [0.1, 0.15) is 50.7 Å². The van der Waals surface area contributed by atoms with Crippen molar-refractivity contribution in [3.05, 3.63) is 59.7 Å². The molecule has 7 nitrogen and oxygen atoms in total. The van der Waals surface area contributed by atoms with E-state index in [1.807, 2.05) is 36.4 Å². The number of carbonyl (C=O) groups excluding carboxylic acids is 3. The van der Waals surface area contributed by atoms with Gasteiger partial charge in [0.05, 0.1) is 7.11 Å². The van der Waals surface area contributed by atoms with E-state index in [-0.39, 0.29) is 25.4 Å². The van der Waals surface area contributed by atoms with Crippen LogP contribution in [-0.4, -0.2) is 43.4 Å². The van der Waals surface area contributed by atoms with Crippen LogP contribution >= 0.6 is 0 Å². The molecule has 7 heteroatoms. The van der Waals surface area contributed by atoms with Crippen LogP contribution in [0.2, 0.25) is 0 Å². The topological polar surface area (TPSA) is 90.9 Å². The minimum atomic E-state index is -1.02. The highest BCUT2D eigenvalue weighted by Gasteiger charge is 2.31. The van der Waals surface area contributed by atoms with E-state index in [1.54, 1.807) is 20.8 Å². The number of carbonyl (C=O) groups is 3. The van der Waals surface area contributed by atoms with Gasteiger partial charge in [0.2, 0.25) is 0 Å². The summed E-state index contributed by atoms with van der Waals surface area (Å²) in [5.74, 6) is -1.20. The third kappa shape index (κ3) is 5.66. The number of rotatable bonds is 7. The maximum Gasteiger partial charge on any atom is 0.407 e. The minimum absolute atomic E-state index is 0.0376. The SMILES string of the molecule is COC(=O)CC[C@H](NC(=O)OCC1c2ccccc2-c2ccccc21)C(=O)OC(C)(C)C. The third-order valence-electron chi connectivity index (χ3n) is 5.19. The van der Waals surface area contributed by atoms with Gasteiger partial charge in [-0.1, -0.05) is 48.5 Å². The molecule has 170 valence electrons. The summed E-state index contributed by atoms with van der Waals surface area (Å²) in [5, 5.41) is 2.55. The summed E-state index contributed by atoms with van der Waals surface area (Å²) < 4.78 is 15.5. The van der Waals surface area contributed by atoms with E-state index in [1.165, 1.54) is 7.11 Å². The van der Waals surface area contributed by atoms with Crippen molar-refractivity contribution >= 4 is 18.0 Å². The van der Waals surface area contributed by atoms with Crippen LogP contribution < -0.4 is 5.32 Å². The average Bonchev–Trinajstić information content (AvgIpc) is 3.07. The molecule has 1 amide bonds. The lowest BCUT2D eigenvalue weighted by Crippen LogP contribution is -2.45. The summed E-state index contributed by atoms with van der Waals surface area (Å²) in [6, 6.07) is 15.0. The van der Waals surface area contributed by atoms with Crippen molar-refractivity contribution in [2.75, 3.05) is 13.7 Å². The number of benzene rings is 2. The minimum Gasteiger partial charge on any atom is -0.469 e. The third-order valence-corrected chi connectivity index (χ3v) is 5.19. The standard InChI is InChI=1S/C25H29NO6/c1-25(2,3)32-23(28)21(13-14-22(27)30-4)26-24(29)31-15-20-18-11-7-5-9-16(18)17-10-6-8-12-19(17)20/h5-12,20-21H,13-15H2,1-4H3,(H,26,29)/t21-/m0/s1. The molecular formula is C25H29NO6. The number of amides is 1. The number of ether oxygens (including phenoxy) is 3. The summed E-state index contributed by atoms with van der Waals surface area (Å²) in [4.78, 5) is 36.6. The van der Waals surface area contributed by atoms with E-state index in [0.717, 1.165) is 22.3 Å². The Bertz CT molecular complexity index is 948. The first kappa shape index (κ1) is 23.3. The van der Waals surface area contributed by atoms with Crippen molar-refractivity contribution in [1.29, 1.82) is 0 Å². The molecule has 32 heavy (non-hydrogen) atoms. The van der Waals surface area contributed by atoms with Gasteiger partial charge in [-0.3, -0.25) is 4.79 Å². The summed E-state index contributed by atoms with van der Waals surface area (Å²) in [5.41, 5.74) is 3.71. The van der Waals surface area contributed by atoms with Gasteiger partial charge in [0.25, 0.3) is 0 Å². The highest BCUT2D eigenvalue weighted by atomic mass is 16.6. The van der Waals surface area contributed by atoms with Gasteiger partial charge < -0.3 is 19.5 Å². The van der Waals surface area contributed by atoms with Crippen LogP contribution in [0, 0.1) is 0 Å². The van der Waals surface area contributed by atoms with Gasteiger partial charge in [-0.2, -0.15) is 0 Å². The van der Waals surface area contributed by atoms with Crippen LogP contribution in [0.5, 0.6) is 0 Å². The maximum atomic E-state index is 12.6. The molecule has 3 rings (SSSR count). The van der Waals surface area contributed by atoms with E-state index in [4.69, 9.17) is 9.47 Å². The lowest BCUT2D eigenvalue weighted by atomic mass is 9.98. The second-order valence-corrected chi connectivity index (χ2v) is 8.67. The number of hydrogen-bond acceptors (Lipinski definition) is 6. The van der Waals surface area contributed by atoms with Gasteiger partial charge in [-0.25, -0.2) is 9.59 Å². The molecule has 0 fully saturated rings. The molecule has 0 heterocycles. The normalized spacial score (nSPS) is 13.5. The zero-order valence-corrected chi connectivity index (χ0v) is 18.8. The Morgan fingerprint density at radius 1 is 0.969 bits per heavy atom. The molecule has 0 aromatic heterocycles. The molecule has 0 saturated carbocycles. The number of fused-ring (bicyclic) bond motifs is 3. The van der Waals surface area contributed by atoms with Gasteiger partial charge in [0.1, 0.15) is 18.2 Å². The molecule has 0 spiro atoms. The smallest absolute Gasteiger partial charge is 0.407 e. The molecular weight excluding hydrogens is 410 g/mol. The first-order valence-electron chi connectivity index (χ1n) is 10.6. The van der Waals surface area contributed by atoms with Crippen LogP contribution in [0.25, 0.3) is 11.1 Å². The largest absolute Gasteiger partial charge is 0.469 e. The van der Waals surface area contributed by atoms with E-state index in [2.05, 4.69) is 22.2 Å². The Morgan fingerprint density at radius 2 is 1.53 bits per heavy atom.